The molecule has 26 heavy (non-hydrogen) atoms. The minimum atomic E-state index is -0.678. The molecule has 134 valence electrons. The summed E-state index contributed by atoms with van der Waals surface area (Å²) in [4.78, 5) is 28.5. The van der Waals surface area contributed by atoms with E-state index in [1.54, 1.807) is 25.1 Å². The summed E-state index contributed by atoms with van der Waals surface area (Å²) in [6, 6.07) is 8.44. The van der Waals surface area contributed by atoms with Crippen LogP contribution in [0.3, 0.4) is 0 Å². The molecule has 0 aliphatic carbocycles. The Morgan fingerprint density at radius 3 is 2.58 bits per heavy atom. The first-order chi connectivity index (χ1) is 12.3. The topological polar surface area (TPSA) is 60.7 Å². The van der Waals surface area contributed by atoms with Gasteiger partial charge >= 0.3 is 5.97 Å². The van der Waals surface area contributed by atoms with E-state index >= 15 is 0 Å². The average molecular weight is 354 g/mol. The number of ketones is 1. The van der Waals surface area contributed by atoms with Crippen LogP contribution in [0.2, 0.25) is 0 Å². The predicted molar refractivity (Wildman–Crippen MR) is 96.1 cm³/mol. The van der Waals surface area contributed by atoms with Gasteiger partial charge < -0.3 is 9.30 Å². The maximum atomic E-state index is 14.2. The largest absolute Gasteiger partial charge is 0.465 e. The maximum Gasteiger partial charge on any atom is 0.343 e. The monoisotopic (exact) mass is 354 g/mol. The van der Waals surface area contributed by atoms with Crippen molar-refractivity contribution in [2.45, 2.75) is 27.2 Å². The number of allylic oxidation sites excluding steroid dienone is 1. The number of carbonyl (C=O) groups excluding carboxylic acids is 2. The summed E-state index contributed by atoms with van der Waals surface area (Å²) >= 11 is 0. The normalized spacial score (nSPS) is 14.0. The summed E-state index contributed by atoms with van der Waals surface area (Å²) in [7, 11) is 1.23. The smallest absolute Gasteiger partial charge is 0.343 e. The van der Waals surface area contributed by atoms with Gasteiger partial charge in [0.05, 0.1) is 24.2 Å². The number of methoxy groups -OCH3 is 1. The minimum absolute atomic E-state index is 0.0228. The van der Waals surface area contributed by atoms with Gasteiger partial charge in [0.25, 0.3) is 0 Å². The van der Waals surface area contributed by atoms with Crippen molar-refractivity contribution in [1.29, 1.82) is 0 Å². The summed E-state index contributed by atoms with van der Waals surface area (Å²) in [6.45, 7) is 5.36. The van der Waals surface area contributed by atoms with Gasteiger partial charge in [-0.2, -0.15) is 0 Å². The van der Waals surface area contributed by atoms with Gasteiger partial charge in [-0.05, 0) is 44.5 Å². The van der Waals surface area contributed by atoms with Crippen LogP contribution in [0.5, 0.6) is 0 Å². The third kappa shape index (κ3) is 2.87. The summed E-state index contributed by atoms with van der Waals surface area (Å²) in [5.41, 5.74) is 3.62. The Balaban J connectivity index is 1.93. The molecule has 0 bridgehead atoms. The Morgan fingerprint density at radius 2 is 1.92 bits per heavy atom. The summed E-state index contributed by atoms with van der Waals surface area (Å²) < 4.78 is 20.7. The average Bonchev–Trinajstić information content (AvgIpc) is 3.04. The number of rotatable bonds is 4. The van der Waals surface area contributed by atoms with E-state index in [0.717, 1.165) is 17.0 Å². The molecule has 5 nitrogen and oxygen atoms in total. The van der Waals surface area contributed by atoms with Crippen molar-refractivity contribution >= 4 is 17.5 Å². The molecule has 0 N–H and O–H groups in total. The number of para-hydroxylation sites is 1. The van der Waals surface area contributed by atoms with Crippen LogP contribution in [-0.2, 0) is 20.7 Å². The summed E-state index contributed by atoms with van der Waals surface area (Å²) in [5.74, 6) is -1.41. The Kier molecular flexibility index (Phi) is 4.59. The van der Waals surface area contributed by atoms with Crippen LogP contribution in [-0.4, -0.2) is 29.1 Å². The van der Waals surface area contributed by atoms with Gasteiger partial charge in [0.15, 0.2) is 0 Å². The van der Waals surface area contributed by atoms with Crippen LogP contribution in [0.4, 0.5) is 4.39 Å². The zero-order valence-electron chi connectivity index (χ0n) is 15.1. The van der Waals surface area contributed by atoms with Gasteiger partial charge in [-0.1, -0.05) is 12.1 Å². The van der Waals surface area contributed by atoms with Gasteiger partial charge in [0, 0.05) is 17.8 Å². The Labute approximate surface area is 150 Å². The van der Waals surface area contributed by atoms with Crippen molar-refractivity contribution in [3.8, 4) is 5.69 Å². The molecular formula is C20H19FN2O3. The highest BCUT2D eigenvalue weighted by Gasteiger charge is 2.32. The molecule has 0 radical (unpaired) electrons. The van der Waals surface area contributed by atoms with Crippen molar-refractivity contribution in [2.75, 3.05) is 7.11 Å². The van der Waals surface area contributed by atoms with Crippen molar-refractivity contribution in [3.63, 3.8) is 0 Å². The highest BCUT2D eigenvalue weighted by molar-refractivity contribution is 6.53. The lowest BCUT2D eigenvalue weighted by molar-refractivity contribution is -0.137. The van der Waals surface area contributed by atoms with Crippen LogP contribution >= 0.6 is 0 Å². The minimum Gasteiger partial charge on any atom is -0.465 e. The molecule has 3 rings (SSSR count). The lowest BCUT2D eigenvalue weighted by Gasteiger charge is -2.11. The number of aromatic nitrogens is 1. The molecule has 0 saturated carbocycles. The maximum absolute atomic E-state index is 14.2. The van der Waals surface area contributed by atoms with Gasteiger partial charge in [-0.3, -0.25) is 9.79 Å². The highest BCUT2D eigenvalue weighted by atomic mass is 19.1. The summed E-state index contributed by atoms with van der Waals surface area (Å²) in [6.07, 6.45) is 0.269. The van der Waals surface area contributed by atoms with E-state index in [4.69, 9.17) is 0 Å². The number of hydrogen-bond acceptors (Lipinski definition) is 4. The molecule has 0 atom stereocenters. The number of benzene rings is 1. The first-order valence-corrected chi connectivity index (χ1v) is 8.19. The SMILES string of the molecule is COC(=O)C1=C(C)N=C(Cc2cc(C)n(-c3ccccc3F)c2C)C1=O. The van der Waals surface area contributed by atoms with Gasteiger partial charge in [0.1, 0.15) is 11.4 Å². The second-order valence-corrected chi connectivity index (χ2v) is 6.20. The van der Waals surface area contributed by atoms with E-state index in [0.29, 0.717) is 11.4 Å². The molecule has 6 heteroatoms. The molecule has 1 aliphatic rings. The first kappa shape index (κ1) is 17.8. The molecule has 0 spiro atoms. The van der Waals surface area contributed by atoms with Crippen LogP contribution in [0.1, 0.15) is 23.9 Å². The summed E-state index contributed by atoms with van der Waals surface area (Å²) in [5, 5.41) is 0. The number of Topliss-reactive ketones (excluding diaryl/α,β-unsaturated/α-hetero) is 1. The molecule has 0 amide bonds. The molecule has 2 aromatic rings. The Morgan fingerprint density at radius 1 is 1.23 bits per heavy atom. The fourth-order valence-electron chi connectivity index (χ4n) is 3.27. The number of ether oxygens (including phenoxy) is 1. The Bertz CT molecular complexity index is 983. The molecule has 1 aromatic heterocycles. The number of esters is 1. The Hall–Kier alpha value is -3.02. The standard InChI is InChI=1S/C20H19FN2O3/c1-11-9-14(13(3)23(11)17-8-6-5-7-15(17)21)10-16-19(24)18(12(2)22-16)20(25)26-4/h5-9H,10H2,1-4H3. The molecule has 1 aromatic carbocycles. The second kappa shape index (κ2) is 6.71. The van der Waals surface area contributed by atoms with Crippen molar-refractivity contribution in [2.24, 2.45) is 4.99 Å². The number of carbonyl (C=O) groups is 2. The molecule has 0 saturated heterocycles. The van der Waals surface area contributed by atoms with Crippen LogP contribution in [0.25, 0.3) is 5.69 Å². The van der Waals surface area contributed by atoms with Gasteiger partial charge in [0.2, 0.25) is 5.78 Å². The van der Waals surface area contributed by atoms with E-state index in [1.165, 1.54) is 13.2 Å². The zero-order valence-corrected chi connectivity index (χ0v) is 15.1. The third-order valence-electron chi connectivity index (χ3n) is 4.53. The number of nitrogens with zero attached hydrogens (tertiary/aromatic N) is 2. The number of hydrogen-bond donors (Lipinski definition) is 0. The lowest BCUT2D eigenvalue weighted by atomic mass is 10.0. The molecule has 0 unspecified atom stereocenters. The molecule has 2 heterocycles. The third-order valence-corrected chi connectivity index (χ3v) is 4.53. The highest BCUT2D eigenvalue weighted by Crippen LogP contribution is 2.25. The molecule has 1 aliphatic heterocycles. The van der Waals surface area contributed by atoms with E-state index in [9.17, 15) is 14.0 Å². The quantitative estimate of drug-likeness (QED) is 0.625. The van der Waals surface area contributed by atoms with E-state index in [1.807, 2.05) is 24.5 Å². The van der Waals surface area contributed by atoms with E-state index in [2.05, 4.69) is 9.73 Å². The van der Waals surface area contributed by atoms with Crippen LogP contribution in [0.15, 0.2) is 46.6 Å². The van der Waals surface area contributed by atoms with Gasteiger partial charge in [-0.15, -0.1) is 0 Å². The molecule has 0 fully saturated rings. The lowest BCUT2D eigenvalue weighted by Crippen LogP contribution is -2.20. The second-order valence-electron chi connectivity index (χ2n) is 6.20. The number of halogens is 1. The van der Waals surface area contributed by atoms with Crippen molar-refractivity contribution in [1.82, 2.24) is 4.57 Å². The first-order valence-electron chi connectivity index (χ1n) is 8.19. The number of aryl methyl sites for hydroxylation is 1. The zero-order chi connectivity index (χ0) is 19.0. The molecular weight excluding hydrogens is 335 g/mol. The fourth-order valence-corrected chi connectivity index (χ4v) is 3.27. The van der Waals surface area contributed by atoms with Crippen LogP contribution < -0.4 is 0 Å². The van der Waals surface area contributed by atoms with E-state index < -0.39 is 11.8 Å². The predicted octanol–water partition coefficient (Wildman–Crippen LogP) is 3.25. The number of aliphatic imine (C=N–C) groups is 1. The van der Waals surface area contributed by atoms with Crippen molar-refractivity contribution in [3.05, 3.63) is 64.4 Å². The van der Waals surface area contributed by atoms with Crippen LogP contribution in [0, 0.1) is 19.7 Å². The van der Waals surface area contributed by atoms with Crippen molar-refractivity contribution < 1.29 is 18.7 Å². The van der Waals surface area contributed by atoms with E-state index in [-0.39, 0.29) is 23.5 Å². The fraction of sp³-hybridized carbons (Fsp3) is 0.250. The van der Waals surface area contributed by atoms with Gasteiger partial charge in [-0.25, -0.2) is 9.18 Å².